The summed E-state index contributed by atoms with van der Waals surface area (Å²) in [7, 11) is 1.67. The Morgan fingerprint density at radius 3 is 2.75 bits per heavy atom. The molecule has 1 aromatic carbocycles. The number of benzene rings is 1. The van der Waals surface area contributed by atoms with Gasteiger partial charge in [-0.05, 0) is 37.9 Å². The largest absolute Gasteiger partial charge is 0.496 e. The van der Waals surface area contributed by atoms with Crippen molar-refractivity contribution in [1.82, 2.24) is 15.5 Å². The molecule has 6 nitrogen and oxygen atoms in total. The average Bonchev–Trinajstić information content (AvgIpc) is 2.60. The van der Waals surface area contributed by atoms with E-state index >= 15 is 0 Å². The number of nitrogens with one attached hydrogen (secondary N) is 2. The smallest absolute Gasteiger partial charge is 0.314 e. The van der Waals surface area contributed by atoms with Gasteiger partial charge < -0.3 is 20.1 Å². The number of hydrogen-bond donors (Lipinski definition) is 2. The van der Waals surface area contributed by atoms with Crippen LogP contribution in [0.15, 0.2) is 18.2 Å². The van der Waals surface area contributed by atoms with E-state index in [4.69, 9.17) is 9.47 Å². The van der Waals surface area contributed by atoms with Gasteiger partial charge >= 0.3 is 6.03 Å². The topological polar surface area (TPSA) is 62.8 Å². The number of urea groups is 1. The molecule has 1 aliphatic heterocycles. The van der Waals surface area contributed by atoms with E-state index in [0.29, 0.717) is 13.1 Å². The van der Waals surface area contributed by atoms with E-state index in [2.05, 4.69) is 28.5 Å². The quantitative estimate of drug-likeness (QED) is 0.708. The third-order valence-corrected chi connectivity index (χ3v) is 4.16. The molecule has 1 fully saturated rings. The van der Waals surface area contributed by atoms with Gasteiger partial charge in [-0.25, -0.2) is 4.79 Å². The molecule has 134 valence electrons. The Kier molecular flexibility index (Phi) is 7.85. The second kappa shape index (κ2) is 10.2. The Morgan fingerprint density at radius 2 is 2.00 bits per heavy atom. The lowest BCUT2D eigenvalue weighted by atomic mass is 10.1. The Balaban J connectivity index is 1.58. The van der Waals surface area contributed by atoms with Crippen molar-refractivity contribution in [2.75, 3.05) is 53.0 Å². The maximum absolute atomic E-state index is 11.8. The van der Waals surface area contributed by atoms with Gasteiger partial charge in [0.15, 0.2) is 0 Å². The zero-order valence-corrected chi connectivity index (χ0v) is 14.8. The Morgan fingerprint density at radius 1 is 1.25 bits per heavy atom. The Bertz CT molecular complexity index is 516. The predicted octanol–water partition coefficient (Wildman–Crippen LogP) is 1.57. The third kappa shape index (κ3) is 6.37. The first-order valence-corrected chi connectivity index (χ1v) is 8.64. The minimum absolute atomic E-state index is 0.108. The summed E-state index contributed by atoms with van der Waals surface area (Å²) in [6, 6.07) is 5.98. The molecule has 0 atom stereocenters. The first-order chi connectivity index (χ1) is 11.7. The normalized spacial score (nSPS) is 15.1. The summed E-state index contributed by atoms with van der Waals surface area (Å²) in [5, 5.41) is 5.81. The molecule has 1 aliphatic rings. The van der Waals surface area contributed by atoms with Crippen molar-refractivity contribution < 1.29 is 14.3 Å². The number of nitrogens with zero attached hydrogens (tertiary/aromatic N) is 1. The predicted molar refractivity (Wildman–Crippen MR) is 94.7 cm³/mol. The fraction of sp³-hybridized carbons (Fsp3) is 0.611. The van der Waals surface area contributed by atoms with Crippen LogP contribution in [0.2, 0.25) is 0 Å². The van der Waals surface area contributed by atoms with Gasteiger partial charge in [-0.2, -0.15) is 0 Å². The fourth-order valence-corrected chi connectivity index (χ4v) is 2.81. The van der Waals surface area contributed by atoms with Gasteiger partial charge in [0.05, 0.1) is 20.3 Å². The highest BCUT2D eigenvalue weighted by molar-refractivity contribution is 5.73. The third-order valence-electron chi connectivity index (χ3n) is 4.16. The van der Waals surface area contributed by atoms with Crippen LogP contribution in [0.5, 0.6) is 5.75 Å². The minimum Gasteiger partial charge on any atom is -0.496 e. The molecule has 6 heteroatoms. The molecular weight excluding hydrogens is 306 g/mol. The number of hydrogen-bond acceptors (Lipinski definition) is 4. The van der Waals surface area contributed by atoms with E-state index in [9.17, 15) is 4.79 Å². The molecule has 0 bridgehead atoms. The van der Waals surface area contributed by atoms with Gasteiger partial charge in [0, 0.05) is 26.2 Å². The Labute approximate surface area is 144 Å². The van der Waals surface area contributed by atoms with Crippen LogP contribution in [0.1, 0.15) is 17.5 Å². The van der Waals surface area contributed by atoms with Crippen molar-refractivity contribution in [1.29, 1.82) is 0 Å². The van der Waals surface area contributed by atoms with Gasteiger partial charge in [-0.3, -0.25) is 4.90 Å². The number of carbonyl (C=O) groups excluding carboxylic acids is 1. The highest BCUT2D eigenvalue weighted by Crippen LogP contribution is 2.19. The maximum atomic E-state index is 11.8. The number of morpholine rings is 1. The first kappa shape index (κ1) is 18.5. The van der Waals surface area contributed by atoms with Crippen molar-refractivity contribution in [2.24, 2.45) is 0 Å². The standard InChI is InChI=1S/C18H29N3O3/c1-15-4-5-17(23-2)16(14-15)6-8-20-18(22)19-7-3-9-21-10-12-24-13-11-21/h4-5,14H,3,6-13H2,1-2H3,(H2,19,20,22). The van der Waals surface area contributed by atoms with Gasteiger partial charge in [0.1, 0.15) is 5.75 Å². The number of methoxy groups -OCH3 is 1. The summed E-state index contributed by atoms with van der Waals surface area (Å²) in [6.45, 7) is 7.95. The van der Waals surface area contributed by atoms with Crippen LogP contribution in [0.4, 0.5) is 4.79 Å². The van der Waals surface area contributed by atoms with Crippen LogP contribution >= 0.6 is 0 Å². The van der Waals surface area contributed by atoms with Crippen molar-refractivity contribution in [3.63, 3.8) is 0 Å². The van der Waals surface area contributed by atoms with Crippen LogP contribution < -0.4 is 15.4 Å². The zero-order valence-electron chi connectivity index (χ0n) is 14.8. The lowest BCUT2D eigenvalue weighted by Gasteiger charge is -2.26. The summed E-state index contributed by atoms with van der Waals surface area (Å²) >= 11 is 0. The van der Waals surface area contributed by atoms with Crippen LogP contribution in [0.25, 0.3) is 0 Å². The highest BCUT2D eigenvalue weighted by Gasteiger charge is 2.09. The molecule has 0 aliphatic carbocycles. The van der Waals surface area contributed by atoms with E-state index in [1.807, 2.05) is 12.1 Å². The molecule has 0 unspecified atom stereocenters. The minimum atomic E-state index is -0.108. The number of rotatable bonds is 8. The van der Waals surface area contributed by atoms with E-state index < -0.39 is 0 Å². The van der Waals surface area contributed by atoms with Gasteiger partial charge in [0.2, 0.25) is 0 Å². The average molecular weight is 335 g/mol. The van der Waals surface area contributed by atoms with Crippen molar-refractivity contribution >= 4 is 6.03 Å². The van der Waals surface area contributed by atoms with Gasteiger partial charge in [-0.15, -0.1) is 0 Å². The molecule has 2 N–H and O–H groups in total. The lowest BCUT2D eigenvalue weighted by Crippen LogP contribution is -2.40. The molecule has 1 saturated heterocycles. The van der Waals surface area contributed by atoms with E-state index in [1.54, 1.807) is 7.11 Å². The SMILES string of the molecule is COc1ccc(C)cc1CCNC(=O)NCCCN1CCOCC1. The second-order valence-corrected chi connectivity index (χ2v) is 6.06. The molecule has 2 rings (SSSR count). The number of ether oxygens (including phenoxy) is 2. The monoisotopic (exact) mass is 335 g/mol. The first-order valence-electron chi connectivity index (χ1n) is 8.64. The van der Waals surface area contributed by atoms with E-state index in [0.717, 1.165) is 57.0 Å². The van der Waals surface area contributed by atoms with Crippen molar-refractivity contribution in [2.45, 2.75) is 19.8 Å². The molecule has 0 spiro atoms. The Hall–Kier alpha value is -1.79. The molecule has 1 heterocycles. The lowest BCUT2D eigenvalue weighted by molar-refractivity contribution is 0.0375. The van der Waals surface area contributed by atoms with Gasteiger partial charge in [-0.1, -0.05) is 17.7 Å². The van der Waals surface area contributed by atoms with Crippen LogP contribution in [-0.2, 0) is 11.2 Å². The molecule has 2 amide bonds. The van der Waals surface area contributed by atoms with Gasteiger partial charge in [0.25, 0.3) is 0 Å². The molecule has 24 heavy (non-hydrogen) atoms. The summed E-state index contributed by atoms with van der Waals surface area (Å²) < 4.78 is 10.7. The number of carbonyl (C=O) groups is 1. The van der Waals surface area contributed by atoms with Crippen molar-refractivity contribution in [3.8, 4) is 5.75 Å². The number of amides is 2. The molecule has 0 aromatic heterocycles. The van der Waals surface area contributed by atoms with Crippen LogP contribution in [0.3, 0.4) is 0 Å². The number of aryl methyl sites for hydroxylation is 1. The maximum Gasteiger partial charge on any atom is 0.314 e. The summed E-state index contributed by atoms with van der Waals surface area (Å²) in [5.74, 6) is 0.869. The molecule has 1 aromatic rings. The summed E-state index contributed by atoms with van der Waals surface area (Å²) in [5.41, 5.74) is 2.31. The highest BCUT2D eigenvalue weighted by atomic mass is 16.5. The molecule has 0 radical (unpaired) electrons. The van der Waals surface area contributed by atoms with E-state index in [1.165, 1.54) is 5.56 Å². The molecular formula is C18H29N3O3. The zero-order chi connectivity index (χ0) is 17.2. The second-order valence-electron chi connectivity index (χ2n) is 6.06. The van der Waals surface area contributed by atoms with Crippen LogP contribution in [-0.4, -0.2) is 64.0 Å². The summed E-state index contributed by atoms with van der Waals surface area (Å²) in [4.78, 5) is 14.2. The van der Waals surface area contributed by atoms with E-state index in [-0.39, 0.29) is 6.03 Å². The summed E-state index contributed by atoms with van der Waals surface area (Å²) in [6.07, 6.45) is 1.71. The van der Waals surface area contributed by atoms with Crippen LogP contribution in [0, 0.1) is 6.92 Å². The molecule has 0 saturated carbocycles. The fourth-order valence-electron chi connectivity index (χ4n) is 2.81. The van der Waals surface area contributed by atoms with Crippen molar-refractivity contribution in [3.05, 3.63) is 29.3 Å².